The van der Waals surface area contributed by atoms with E-state index < -0.39 is 5.92 Å². The van der Waals surface area contributed by atoms with Crippen molar-refractivity contribution in [3.05, 3.63) is 64.7 Å². The normalized spacial score (nSPS) is 13.9. The Labute approximate surface area is 123 Å². The van der Waals surface area contributed by atoms with Crippen LogP contribution in [0.5, 0.6) is 5.75 Å². The molecule has 0 aliphatic carbocycles. The molecule has 0 N–H and O–H groups in total. The molecule has 3 heteroatoms. The molecule has 1 aliphatic heterocycles. The summed E-state index contributed by atoms with van der Waals surface area (Å²) in [6.45, 7) is 2.61. The molecule has 3 rings (SSSR count). The van der Waals surface area contributed by atoms with Crippen LogP contribution >= 0.6 is 0 Å². The fraction of sp³-hybridized carbons (Fsp3) is 0.222. The first-order chi connectivity index (χ1) is 10.2. The standard InChI is InChI=1S/C18H15NO2/c1-12-3-2-4-13(9-12)16(11-19)18(20)15-5-6-17-14(10-15)7-8-21-17/h2-6,9-10,16H,7-8H2,1H3. The van der Waals surface area contributed by atoms with Gasteiger partial charge in [-0.3, -0.25) is 4.79 Å². The van der Waals surface area contributed by atoms with Crippen molar-refractivity contribution < 1.29 is 9.53 Å². The lowest BCUT2D eigenvalue weighted by molar-refractivity contribution is 0.0979. The van der Waals surface area contributed by atoms with Crippen LogP contribution in [0.2, 0.25) is 0 Å². The maximum atomic E-state index is 12.6. The average molecular weight is 277 g/mol. The number of ether oxygens (including phenoxy) is 1. The van der Waals surface area contributed by atoms with E-state index in [1.807, 2.05) is 43.3 Å². The first-order valence-electron chi connectivity index (χ1n) is 6.95. The summed E-state index contributed by atoms with van der Waals surface area (Å²) in [5.41, 5.74) is 3.41. The molecule has 2 aromatic rings. The third kappa shape index (κ3) is 2.53. The fourth-order valence-electron chi connectivity index (χ4n) is 2.64. The second-order valence-electron chi connectivity index (χ2n) is 5.26. The Morgan fingerprint density at radius 1 is 1.29 bits per heavy atom. The zero-order valence-electron chi connectivity index (χ0n) is 11.8. The Hall–Kier alpha value is -2.60. The van der Waals surface area contributed by atoms with Gasteiger partial charge in [0.05, 0.1) is 12.7 Å². The Bertz CT molecular complexity index is 743. The molecule has 2 aromatic carbocycles. The van der Waals surface area contributed by atoms with Crippen molar-refractivity contribution in [3.63, 3.8) is 0 Å². The van der Waals surface area contributed by atoms with Crippen LogP contribution in [0.15, 0.2) is 42.5 Å². The van der Waals surface area contributed by atoms with Crippen LogP contribution in [0.4, 0.5) is 0 Å². The third-order valence-electron chi connectivity index (χ3n) is 3.74. The molecule has 0 saturated carbocycles. The van der Waals surface area contributed by atoms with Gasteiger partial charge in [-0.1, -0.05) is 29.8 Å². The molecule has 1 unspecified atom stereocenters. The van der Waals surface area contributed by atoms with Crippen LogP contribution in [0.25, 0.3) is 0 Å². The van der Waals surface area contributed by atoms with Gasteiger partial charge >= 0.3 is 0 Å². The highest BCUT2D eigenvalue weighted by Gasteiger charge is 2.23. The van der Waals surface area contributed by atoms with Gasteiger partial charge in [0, 0.05) is 12.0 Å². The minimum absolute atomic E-state index is 0.155. The quantitative estimate of drug-likeness (QED) is 0.808. The minimum Gasteiger partial charge on any atom is -0.493 e. The second-order valence-corrected chi connectivity index (χ2v) is 5.26. The predicted molar refractivity (Wildman–Crippen MR) is 79.5 cm³/mol. The topological polar surface area (TPSA) is 50.1 Å². The third-order valence-corrected chi connectivity index (χ3v) is 3.74. The number of carbonyl (C=O) groups is 1. The molecular formula is C18H15NO2. The second kappa shape index (κ2) is 5.41. The lowest BCUT2D eigenvalue weighted by Gasteiger charge is -2.10. The summed E-state index contributed by atoms with van der Waals surface area (Å²) in [4.78, 5) is 12.6. The Kier molecular flexibility index (Phi) is 3.45. The molecule has 0 amide bonds. The largest absolute Gasteiger partial charge is 0.493 e. The van der Waals surface area contributed by atoms with Crippen LogP contribution < -0.4 is 4.74 Å². The number of fused-ring (bicyclic) bond motifs is 1. The molecule has 21 heavy (non-hydrogen) atoms. The average Bonchev–Trinajstić information content (AvgIpc) is 2.95. The summed E-state index contributed by atoms with van der Waals surface area (Å²) in [6.07, 6.45) is 0.818. The lowest BCUT2D eigenvalue weighted by Crippen LogP contribution is -2.11. The number of ketones is 1. The highest BCUT2D eigenvalue weighted by atomic mass is 16.5. The van der Waals surface area contributed by atoms with Crippen molar-refractivity contribution in [3.8, 4) is 11.8 Å². The van der Waals surface area contributed by atoms with Gasteiger partial charge in [0.1, 0.15) is 11.7 Å². The maximum absolute atomic E-state index is 12.6. The summed E-state index contributed by atoms with van der Waals surface area (Å²) in [7, 11) is 0. The van der Waals surface area contributed by atoms with E-state index in [9.17, 15) is 10.1 Å². The molecule has 0 spiro atoms. The van der Waals surface area contributed by atoms with Crippen molar-refractivity contribution >= 4 is 5.78 Å². The van der Waals surface area contributed by atoms with Crippen molar-refractivity contribution in [1.82, 2.24) is 0 Å². The van der Waals surface area contributed by atoms with Gasteiger partial charge in [0.15, 0.2) is 5.78 Å². The molecule has 0 saturated heterocycles. The van der Waals surface area contributed by atoms with Crippen LogP contribution in [-0.4, -0.2) is 12.4 Å². The minimum atomic E-state index is -0.759. The van der Waals surface area contributed by atoms with Gasteiger partial charge in [-0.25, -0.2) is 0 Å². The predicted octanol–water partition coefficient (Wildman–Crippen LogP) is 3.42. The number of rotatable bonds is 3. The molecule has 1 aliphatic rings. The highest BCUT2D eigenvalue weighted by molar-refractivity contribution is 6.03. The zero-order valence-corrected chi connectivity index (χ0v) is 11.8. The van der Waals surface area contributed by atoms with Crippen LogP contribution in [-0.2, 0) is 6.42 Å². The van der Waals surface area contributed by atoms with Crippen molar-refractivity contribution in [1.29, 1.82) is 5.26 Å². The molecular weight excluding hydrogens is 262 g/mol. The molecule has 1 atom stereocenters. The summed E-state index contributed by atoms with van der Waals surface area (Å²) in [5, 5.41) is 9.40. The van der Waals surface area contributed by atoms with Crippen LogP contribution in [0.1, 0.15) is 33.0 Å². The molecule has 104 valence electrons. The zero-order chi connectivity index (χ0) is 14.8. The molecule has 0 radical (unpaired) electrons. The molecule has 0 aromatic heterocycles. The number of carbonyl (C=O) groups excluding carboxylic acids is 1. The van der Waals surface area contributed by atoms with E-state index >= 15 is 0 Å². The Balaban J connectivity index is 1.95. The smallest absolute Gasteiger partial charge is 0.184 e. The van der Waals surface area contributed by atoms with Gasteiger partial charge in [0.25, 0.3) is 0 Å². The SMILES string of the molecule is Cc1cccc(C(C#N)C(=O)c2ccc3c(c2)CCO3)c1. The monoisotopic (exact) mass is 277 g/mol. The molecule has 1 heterocycles. The number of aryl methyl sites for hydroxylation is 1. The van der Waals surface area contributed by atoms with Gasteiger partial charge in [-0.05, 0) is 36.2 Å². The summed E-state index contributed by atoms with van der Waals surface area (Å²) >= 11 is 0. The van der Waals surface area contributed by atoms with Gasteiger partial charge in [-0.15, -0.1) is 0 Å². The fourth-order valence-corrected chi connectivity index (χ4v) is 2.64. The molecule has 3 nitrogen and oxygen atoms in total. The highest BCUT2D eigenvalue weighted by Crippen LogP contribution is 2.28. The van der Waals surface area contributed by atoms with E-state index in [4.69, 9.17) is 4.74 Å². The lowest BCUT2D eigenvalue weighted by atomic mass is 9.90. The number of benzene rings is 2. The number of hydrogen-bond donors (Lipinski definition) is 0. The van der Waals surface area contributed by atoms with Crippen molar-refractivity contribution in [2.45, 2.75) is 19.3 Å². The van der Waals surface area contributed by atoms with Gasteiger partial charge < -0.3 is 4.74 Å². The summed E-state index contributed by atoms with van der Waals surface area (Å²) in [5.74, 6) is -0.0707. The van der Waals surface area contributed by atoms with E-state index in [1.165, 1.54) is 0 Å². The first kappa shape index (κ1) is 13.4. The number of hydrogen-bond acceptors (Lipinski definition) is 3. The van der Waals surface area contributed by atoms with E-state index in [0.717, 1.165) is 28.9 Å². The van der Waals surface area contributed by atoms with Crippen LogP contribution in [0.3, 0.4) is 0 Å². The first-order valence-corrected chi connectivity index (χ1v) is 6.95. The van der Waals surface area contributed by atoms with E-state index in [0.29, 0.717) is 12.2 Å². The summed E-state index contributed by atoms with van der Waals surface area (Å²) < 4.78 is 5.44. The Morgan fingerprint density at radius 2 is 2.14 bits per heavy atom. The van der Waals surface area contributed by atoms with Crippen molar-refractivity contribution in [2.24, 2.45) is 0 Å². The van der Waals surface area contributed by atoms with E-state index in [1.54, 1.807) is 6.07 Å². The van der Waals surface area contributed by atoms with E-state index in [2.05, 4.69) is 6.07 Å². The number of nitrogens with zero attached hydrogens (tertiary/aromatic N) is 1. The van der Waals surface area contributed by atoms with Gasteiger partial charge in [-0.2, -0.15) is 5.26 Å². The van der Waals surface area contributed by atoms with Gasteiger partial charge in [0.2, 0.25) is 0 Å². The maximum Gasteiger partial charge on any atom is 0.184 e. The summed E-state index contributed by atoms with van der Waals surface area (Å²) in [6, 6.07) is 15.1. The Morgan fingerprint density at radius 3 is 2.90 bits per heavy atom. The number of Topliss-reactive ketones (excluding diaryl/α,β-unsaturated/α-hetero) is 1. The molecule has 0 bridgehead atoms. The van der Waals surface area contributed by atoms with Crippen molar-refractivity contribution in [2.75, 3.05) is 6.61 Å². The molecule has 0 fully saturated rings. The van der Waals surface area contributed by atoms with E-state index in [-0.39, 0.29) is 5.78 Å². The van der Waals surface area contributed by atoms with Crippen LogP contribution in [0, 0.1) is 18.3 Å². The number of nitriles is 1.